The smallest absolute Gasteiger partial charge is 0.251 e. The van der Waals surface area contributed by atoms with Gasteiger partial charge in [-0.25, -0.2) is 23.1 Å². The average molecular weight is 590 g/mol. The van der Waals surface area contributed by atoms with Gasteiger partial charge in [-0.1, -0.05) is 22.9 Å². The number of piperazine rings is 1. The van der Waals surface area contributed by atoms with Crippen molar-refractivity contribution in [1.82, 2.24) is 20.2 Å². The number of pyridine rings is 1. The van der Waals surface area contributed by atoms with Crippen molar-refractivity contribution in [3.63, 3.8) is 0 Å². The van der Waals surface area contributed by atoms with Crippen molar-refractivity contribution in [3.8, 4) is 17.0 Å². The number of hydrogen-bond donors (Lipinski definition) is 2. The Morgan fingerprint density at radius 1 is 1.18 bits per heavy atom. The molecule has 2 atom stereocenters. The van der Waals surface area contributed by atoms with Crippen LogP contribution in [0.1, 0.15) is 0 Å². The quantitative estimate of drug-likeness (QED) is 0.374. The predicted molar refractivity (Wildman–Crippen MR) is 149 cm³/mol. The normalized spacial score (nSPS) is 20.3. The number of halogens is 4. The largest absolute Gasteiger partial charge is 0.470 e. The van der Waals surface area contributed by atoms with Crippen LogP contribution in [0.4, 0.5) is 29.7 Å². The molecule has 3 aliphatic rings. The highest BCUT2D eigenvalue weighted by atomic mass is 35.5. The summed E-state index contributed by atoms with van der Waals surface area (Å²) in [6, 6.07) is 1.68. The number of carbonyl (C=O) groups is 1. The molecule has 1 fully saturated rings. The number of anilines is 3. The van der Waals surface area contributed by atoms with E-state index in [1.807, 2.05) is 23.9 Å². The zero-order valence-electron chi connectivity index (χ0n) is 21.4. The zero-order chi connectivity index (χ0) is 28.0. The molecule has 4 aromatic rings. The Hall–Kier alpha value is -3.39. The first-order valence-corrected chi connectivity index (χ1v) is 13.8. The van der Waals surface area contributed by atoms with Gasteiger partial charge in [-0.15, -0.1) is 0 Å². The first kappa shape index (κ1) is 25.6. The SMILES string of the molecule is CN(C)C[C@H]1CN2C(=O)[C@H]3CNCCN3c3c2c(nc2c(F)c(-c4c(F)cc(F)c5sc(N)nc45)c(Cl)cc32)O1. The summed E-state index contributed by atoms with van der Waals surface area (Å²) in [5, 5.41) is 3.52. The lowest BCUT2D eigenvalue weighted by Crippen LogP contribution is -2.64. The molecule has 3 aliphatic heterocycles. The minimum absolute atomic E-state index is 0.00420. The molecule has 1 saturated heterocycles. The van der Waals surface area contributed by atoms with Gasteiger partial charge in [-0.3, -0.25) is 4.79 Å². The van der Waals surface area contributed by atoms with Crippen LogP contribution in [-0.2, 0) is 4.79 Å². The number of fused-ring (bicyclic) bond motifs is 5. The Labute approximate surface area is 235 Å². The number of nitrogens with two attached hydrogens (primary N) is 1. The molecule has 208 valence electrons. The van der Waals surface area contributed by atoms with Crippen LogP contribution in [0.3, 0.4) is 0 Å². The highest BCUT2D eigenvalue weighted by Crippen LogP contribution is 2.51. The second-order valence-electron chi connectivity index (χ2n) is 10.4. The Morgan fingerprint density at radius 2 is 1.98 bits per heavy atom. The summed E-state index contributed by atoms with van der Waals surface area (Å²) in [6.45, 7) is 2.34. The molecule has 1 amide bonds. The number of amides is 1. The number of rotatable bonds is 3. The number of nitrogens with zero attached hydrogens (tertiary/aromatic N) is 5. The van der Waals surface area contributed by atoms with E-state index in [0.717, 1.165) is 11.3 Å². The van der Waals surface area contributed by atoms with Crippen LogP contribution in [0, 0.1) is 17.5 Å². The second-order valence-corrected chi connectivity index (χ2v) is 11.8. The third kappa shape index (κ3) is 3.64. The Kier molecular flexibility index (Phi) is 5.79. The fourth-order valence-corrected chi connectivity index (χ4v) is 6.99. The molecular formula is C26H23ClF3N7O2S. The van der Waals surface area contributed by atoms with Crippen LogP contribution in [0.2, 0.25) is 5.02 Å². The molecule has 0 unspecified atom stereocenters. The minimum atomic E-state index is -1.03. The summed E-state index contributed by atoms with van der Waals surface area (Å²) in [7, 11) is 3.78. The first-order chi connectivity index (χ1) is 19.1. The molecule has 14 heteroatoms. The first-order valence-electron chi connectivity index (χ1n) is 12.6. The van der Waals surface area contributed by atoms with E-state index >= 15 is 8.78 Å². The van der Waals surface area contributed by atoms with E-state index in [1.165, 1.54) is 6.07 Å². The maximum Gasteiger partial charge on any atom is 0.251 e. The van der Waals surface area contributed by atoms with Crippen molar-refractivity contribution in [2.75, 3.05) is 62.4 Å². The van der Waals surface area contributed by atoms with Gasteiger partial charge in [0, 0.05) is 48.8 Å². The number of aromatic nitrogens is 2. The van der Waals surface area contributed by atoms with Gasteiger partial charge < -0.3 is 30.5 Å². The van der Waals surface area contributed by atoms with Gasteiger partial charge in [-0.2, -0.15) is 0 Å². The van der Waals surface area contributed by atoms with Gasteiger partial charge in [0.05, 0.1) is 27.5 Å². The Balaban J connectivity index is 1.53. The Bertz CT molecular complexity index is 1750. The molecule has 5 heterocycles. The maximum absolute atomic E-state index is 16.6. The predicted octanol–water partition coefficient (Wildman–Crippen LogP) is 3.61. The molecular weight excluding hydrogens is 567 g/mol. The minimum Gasteiger partial charge on any atom is -0.470 e. The molecule has 40 heavy (non-hydrogen) atoms. The van der Waals surface area contributed by atoms with Crippen molar-refractivity contribution in [2.45, 2.75) is 12.1 Å². The number of ether oxygens (including phenoxy) is 1. The van der Waals surface area contributed by atoms with E-state index in [2.05, 4.69) is 15.3 Å². The molecule has 0 bridgehead atoms. The molecule has 9 nitrogen and oxygen atoms in total. The van der Waals surface area contributed by atoms with Gasteiger partial charge in [-0.05, 0) is 20.2 Å². The number of hydrogen-bond acceptors (Lipinski definition) is 9. The van der Waals surface area contributed by atoms with Gasteiger partial charge in [0.2, 0.25) is 5.88 Å². The number of benzene rings is 2. The van der Waals surface area contributed by atoms with Gasteiger partial charge >= 0.3 is 0 Å². The van der Waals surface area contributed by atoms with Crippen molar-refractivity contribution in [2.24, 2.45) is 0 Å². The lowest BCUT2D eigenvalue weighted by Gasteiger charge is -2.48. The molecule has 0 saturated carbocycles. The van der Waals surface area contributed by atoms with Gasteiger partial charge in [0.15, 0.2) is 10.9 Å². The highest BCUT2D eigenvalue weighted by molar-refractivity contribution is 7.22. The monoisotopic (exact) mass is 589 g/mol. The third-order valence-corrected chi connectivity index (χ3v) is 8.70. The molecule has 2 aromatic carbocycles. The van der Waals surface area contributed by atoms with Crippen LogP contribution in [-0.4, -0.2) is 79.7 Å². The van der Waals surface area contributed by atoms with Gasteiger partial charge in [0.1, 0.15) is 35.0 Å². The summed E-state index contributed by atoms with van der Waals surface area (Å²) in [6.07, 6.45) is -0.408. The lowest BCUT2D eigenvalue weighted by atomic mass is 9.96. The topological polar surface area (TPSA) is 99.9 Å². The van der Waals surface area contributed by atoms with E-state index < -0.39 is 29.6 Å². The molecule has 0 spiro atoms. The highest BCUT2D eigenvalue weighted by Gasteiger charge is 2.46. The van der Waals surface area contributed by atoms with Crippen molar-refractivity contribution < 1.29 is 22.7 Å². The van der Waals surface area contributed by atoms with Crippen LogP contribution in [0.15, 0.2) is 12.1 Å². The molecule has 7 rings (SSSR count). The fourth-order valence-electron chi connectivity index (χ4n) is 5.96. The number of carbonyl (C=O) groups excluding carboxylic acids is 1. The van der Waals surface area contributed by atoms with Crippen LogP contribution < -0.4 is 25.6 Å². The van der Waals surface area contributed by atoms with E-state index in [4.69, 9.17) is 22.1 Å². The van der Waals surface area contributed by atoms with Crippen LogP contribution in [0.5, 0.6) is 5.88 Å². The van der Waals surface area contributed by atoms with E-state index in [9.17, 15) is 9.18 Å². The third-order valence-electron chi connectivity index (χ3n) is 7.51. The summed E-state index contributed by atoms with van der Waals surface area (Å²) < 4.78 is 52.7. The molecule has 0 aliphatic carbocycles. The summed E-state index contributed by atoms with van der Waals surface area (Å²) in [5.41, 5.74) is 6.02. The second kappa shape index (κ2) is 9.06. The Morgan fingerprint density at radius 3 is 2.75 bits per heavy atom. The molecule has 3 N–H and O–H groups in total. The summed E-state index contributed by atoms with van der Waals surface area (Å²) in [4.78, 5) is 27.8. The number of nitrogen functional groups attached to an aromatic ring is 1. The zero-order valence-corrected chi connectivity index (χ0v) is 23.0. The summed E-state index contributed by atoms with van der Waals surface area (Å²) in [5.74, 6) is -2.77. The lowest BCUT2D eigenvalue weighted by molar-refractivity contribution is -0.121. The number of likely N-dealkylation sites (N-methyl/N-ethyl adjacent to an activating group) is 1. The maximum atomic E-state index is 16.6. The number of nitrogens with one attached hydrogen (secondary N) is 1. The van der Waals surface area contributed by atoms with Crippen molar-refractivity contribution in [1.29, 1.82) is 0 Å². The van der Waals surface area contributed by atoms with E-state index in [1.54, 1.807) is 4.90 Å². The fraction of sp³-hybridized carbons (Fsp3) is 0.346. The van der Waals surface area contributed by atoms with Crippen LogP contribution >= 0.6 is 22.9 Å². The van der Waals surface area contributed by atoms with E-state index in [0.29, 0.717) is 55.6 Å². The van der Waals surface area contributed by atoms with E-state index in [-0.39, 0.29) is 48.8 Å². The molecule has 2 aromatic heterocycles. The molecule has 0 radical (unpaired) electrons. The van der Waals surface area contributed by atoms with Crippen molar-refractivity contribution in [3.05, 3.63) is 34.6 Å². The average Bonchev–Trinajstić information content (AvgIpc) is 3.30. The number of thiazole rings is 1. The van der Waals surface area contributed by atoms with Crippen LogP contribution in [0.25, 0.3) is 32.2 Å². The summed E-state index contributed by atoms with van der Waals surface area (Å²) >= 11 is 7.51. The van der Waals surface area contributed by atoms with Gasteiger partial charge in [0.25, 0.3) is 5.91 Å². The standard InChI is InChI=1S/C26H23ClF3N7O2S/c1-35(2)8-10-9-37-22-21(36-4-3-32-7-15(36)25(37)38)11-5-12(27)16(18(30)19(11)33-24(22)39-10)17-13(28)6-14(29)23-20(17)34-26(31)40-23/h5-6,10,15,32H,3-4,7-9H2,1-2H3,(H2,31,34)/t10-,15+/m0/s1. The van der Waals surface area contributed by atoms with Crippen molar-refractivity contribution >= 4 is 66.5 Å².